The van der Waals surface area contributed by atoms with Gasteiger partial charge in [0.15, 0.2) is 0 Å². The number of aryl methyl sites for hydroxylation is 1. The lowest BCUT2D eigenvalue weighted by Gasteiger charge is -2.05. The SMILES string of the molecule is Cc1cccc(Nc2nnc(NCCO)nn2)c1. The maximum Gasteiger partial charge on any atom is 0.266 e. The molecular formula is C11H14N6O. The first kappa shape index (κ1) is 12.2. The fourth-order valence-electron chi connectivity index (χ4n) is 1.37. The van der Waals surface area contributed by atoms with Crippen molar-refractivity contribution in [3.05, 3.63) is 29.8 Å². The summed E-state index contributed by atoms with van der Waals surface area (Å²) in [6.07, 6.45) is 0. The molecule has 1 aromatic heterocycles. The van der Waals surface area contributed by atoms with Crippen LogP contribution in [0.25, 0.3) is 0 Å². The molecule has 0 saturated carbocycles. The zero-order chi connectivity index (χ0) is 12.8. The molecule has 0 aliphatic rings. The molecule has 3 N–H and O–H groups in total. The minimum absolute atomic E-state index is 0.00660. The maximum absolute atomic E-state index is 8.63. The van der Waals surface area contributed by atoms with Gasteiger partial charge in [0.1, 0.15) is 0 Å². The van der Waals surface area contributed by atoms with Crippen molar-refractivity contribution in [1.82, 2.24) is 20.4 Å². The number of aliphatic hydroxyl groups excluding tert-OH is 1. The number of hydrogen-bond donors (Lipinski definition) is 3. The predicted octanol–water partition coefficient (Wildman–Crippen LogP) is 0.723. The Morgan fingerprint density at radius 3 is 2.50 bits per heavy atom. The van der Waals surface area contributed by atoms with Gasteiger partial charge in [-0.15, -0.1) is 20.4 Å². The van der Waals surface area contributed by atoms with Gasteiger partial charge >= 0.3 is 0 Å². The highest BCUT2D eigenvalue weighted by molar-refractivity contribution is 5.53. The van der Waals surface area contributed by atoms with Gasteiger partial charge in [0.05, 0.1) is 6.61 Å². The summed E-state index contributed by atoms with van der Waals surface area (Å²) in [5.74, 6) is 0.619. The van der Waals surface area contributed by atoms with E-state index in [1.807, 2.05) is 31.2 Å². The molecule has 0 aliphatic carbocycles. The highest BCUT2D eigenvalue weighted by Crippen LogP contribution is 2.13. The summed E-state index contributed by atoms with van der Waals surface area (Å²) >= 11 is 0. The molecule has 7 nitrogen and oxygen atoms in total. The van der Waals surface area contributed by atoms with E-state index in [9.17, 15) is 0 Å². The fraction of sp³-hybridized carbons (Fsp3) is 0.273. The molecule has 0 amide bonds. The Morgan fingerprint density at radius 1 is 1.11 bits per heavy atom. The second-order valence-corrected chi connectivity index (χ2v) is 3.69. The number of nitrogens with one attached hydrogen (secondary N) is 2. The van der Waals surface area contributed by atoms with Crippen LogP contribution in [0.1, 0.15) is 5.56 Å². The van der Waals surface area contributed by atoms with E-state index in [4.69, 9.17) is 5.11 Å². The van der Waals surface area contributed by atoms with Gasteiger partial charge in [-0.2, -0.15) is 0 Å². The lowest BCUT2D eigenvalue weighted by Crippen LogP contribution is -2.11. The summed E-state index contributed by atoms with van der Waals surface area (Å²) in [4.78, 5) is 0. The third-order valence-corrected chi connectivity index (χ3v) is 2.15. The molecule has 0 bridgehead atoms. The first-order valence-corrected chi connectivity index (χ1v) is 5.54. The minimum atomic E-state index is 0.00660. The van der Waals surface area contributed by atoms with Crippen LogP contribution in [-0.2, 0) is 0 Å². The Hall–Kier alpha value is -2.28. The topological polar surface area (TPSA) is 95.9 Å². The van der Waals surface area contributed by atoms with E-state index in [-0.39, 0.29) is 6.61 Å². The average molecular weight is 246 g/mol. The monoisotopic (exact) mass is 246 g/mol. The largest absolute Gasteiger partial charge is 0.395 e. The third kappa shape index (κ3) is 3.36. The van der Waals surface area contributed by atoms with Crippen LogP contribution in [0.3, 0.4) is 0 Å². The second-order valence-electron chi connectivity index (χ2n) is 3.69. The van der Waals surface area contributed by atoms with E-state index in [1.165, 1.54) is 0 Å². The molecular weight excluding hydrogens is 232 g/mol. The molecule has 94 valence electrons. The third-order valence-electron chi connectivity index (χ3n) is 2.15. The molecule has 0 unspecified atom stereocenters. The summed E-state index contributed by atoms with van der Waals surface area (Å²) < 4.78 is 0. The molecule has 0 radical (unpaired) electrons. The normalized spacial score (nSPS) is 10.1. The molecule has 1 heterocycles. The van der Waals surface area contributed by atoms with Gasteiger partial charge in [-0.25, -0.2) is 0 Å². The first-order valence-electron chi connectivity index (χ1n) is 5.54. The second kappa shape index (κ2) is 5.87. The van der Waals surface area contributed by atoms with Crippen LogP contribution in [0.15, 0.2) is 24.3 Å². The molecule has 0 aliphatic heterocycles. The van der Waals surface area contributed by atoms with Crippen LogP contribution in [0.4, 0.5) is 17.6 Å². The molecule has 2 rings (SSSR count). The van der Waals surface area contributed by atoms with Crippen LogP contribution < -0.4 is 10.6 Å². The first-order chi connectivity index (χ1) is 8.78. The number of nitrogens with zero attached hydrogens (tertiary/aromatic N) is 4. The lowest BCUT2D eigenvalue weighted by molar-refractivity contribution is 0.310. The van der Waals surface area contributed by atoms with Gasteiger partial charge in [-0.05, 0) is 24.6 Å². The summed E-state index contributed by atoms with van der Waals surface area (Å²) in [5.41, 5.74) is 2.02. The predicted molar refractivity (Wildman–Crippen MR) is 67.7 cm³/mol. The molecule has 7 heteroatoms. The smallest absolute Gasteiger partial charge is 0.266 e. The van der Waals surface area contributed by atoms with E-state index in [1.54, 1.807) is 0 Å². The van der Waals surface area contributed by atoms with Crippen molar-refractivity contribution in [3.63, 3.8) is 0 Å². The highest BCUT2D eigenvalue weighted by atomic mass is 16.3. The van der Waals surface area contributed by atoms with Crippen molar-refractivity contribution in [1.29, 1.82) is 0 Å². The van der Waals surface area contributed by atoms with Gasteiger partial charge in [-0.3, -0.25) is 0 Å². The van der Waals surface area contributed by atoms with Crippen molar-refractivity contribution in [2.75, 3.05) is 23.8 Å². The summed E-state index contributed by atoms with van der Waals surface area (Å²) in [7, 11) is 0. The zero-order valence-corrected chi connectivity index (χ0v) is 9.96. The van der Waals surface area contributed by atoms with Crippen LogP contribution in [-0.4, -0.2) is 38.7 Å². The fourth-order valence-corrected chi connectivity index (χ4v) is 1.37. The standard InChI is InChI=1S/C11H14N6O/c1-8-3-2-4-9(7-8)13-11-16-14-10(15-17-11)12-5-6-18/h2-4,7,18H,5-6H2,1H3,(H,12,14,15)(H,13,16,17). The average Bonchev–Trinajstić information content (AvgIpc) is 2.38. The van der Waals surface area contributed by atoms with Crippen LogP contribution in [0.2, 0.25) is 0 Å². The number of benzene rings is 1. The highest BCUT2D eigenvalue weighted by Gasteiger charge is 2.01. The van der Waals surface area contributed by atoms with Gasteiger partial charge in [0, 0.05) is 12.2 Å². The van der Waals surface area contributed by atoms with Gasteiger partial charge < -0.3 is 15.7 Å². The molecule has 0 spiro atoms. The van der Waals surface area contributed by atoms with Crippen molar-refractivity contribution in [3.8, 4) is 0 Å². The Morgan fingerprint density at radius 2 is 1.83 bits per heavy atom. The number of aliphatic hydroxyl groups is 1. The Kier molecular flexibility index (Phi) is 3.98. The summed E-state index contributed by atoms with van der Waals surface area (Å²) in [6, 6.07) is 7.83. The van der Waals surface area contributed by atoms with E-state index in [2.05, 4.69) is 31.0 Å². The molecule has 1 aromatic carbocycles. The van der Waals surface area contributed by atoms with E-state index in [0.717, 1.165) is 11.3 Å². The van der Waals surface area contributed by atoms with E-state index < -0.39 is 0 Å². The molecule has 18 heavy (non-hydrogen) atoms. The summed E-state index contributed by atoms with van der Waals surface area (Å²) in [5, 5.41) is 29.8. The molecule has 0 saturated heterocycles. The van der Waals surface area contributed by atoms with Crippen molar-refractivity contribution in [2.24, 2.45) is 0 Å². The number of rotatable bonds is 5. The molecule has 0 atom stereocenters. The van der Waals surface area contributed by atoms with Crippen molar-refractivity contribution >= 4 is 17.6 Å². The number of hydrogen-bond acceptors (Lipinski definition) is 7. The van der Waals surface area contributed by atoms with Gasteiger partial charge in [0.2, 0.25) is 0 Å². The number of aromatic nitrogens is 4. The lowest BCUT2D eigenvalue weighted by atomic mass is 10.2. The maximum atomic E-state index is 8.63. The Balaban J connectivity index is 2.02. The van der Waals surface area contributed by atoms with Crippen LogP contribution in [0.5, 0.6) is 0 Å². The Labute approximate surface area is 104 Å². The quantitative estimate of drug-likeness (QED) is 0.715. The molecule has 2 aromatic rings. The van der Waals surface area contributed by atoms with Crippen LogP contribution >= 0.6 is 0 Å². The van der Waals surface area contributed by atoms with Gasteiger partial charge in [-0.1, -0.05) is 12.1 Å². The molecule has 0 fully saturated rings. The number of anilines is 3. The zero-order valence-electron chi connectivity index (χ0n) is 9.96. The van der Waals surface area contributed by atoms with Gasteiger partial charge in [0.25, 0.3) is 11.9 Å². The Bertz CT molecular complexity index is 501. The van der Waals surface area contributed by atoms with E-state index >= 15 is 0 Å². The van der Waals surface area contributed by atoms with E-state index in [0.29, 0.717) is 18.4 Å². The van der Waals surface area contributed by atoms with Crippen molar-refractivity contribution in [2.45, 2.75) is 6.92 Å². The van der Waals surface area contributed by atoms with Crippen molar-refractivity contribution < 1.29 is 5.11 Å². The van der Waals surface area contributed by atoms with Crippen LogP contribution in [0, 0.1) is 6.92 Å². The minimum Gasteiger partial charge on any atom is -0.395 e. The summed E-state index contributed by atoms with van der Waals surface area (Å²) in [6.45, 7) is 2.38.